The van der Waals surface area contributed by atoms with E-state index in [0.29, 0.717) is 42.0 Å². The standard InChI is InChI=1S/C30H38ClN5O5S/c1-29(2)19-21(20-32-29)5-4-17-40-22-6-8-23(9-7-22)42(38,39)35-28(37)24-10-11-25(33-27(24)31)36-16-12-26(34-36)41-18-15-30(3)13-14-30/h6-12,16,21,32H,4-5,13-15,17-20H2,1-3H3,(H,35,37). The molecular formula is C30H38ClN5O5S. The molecule has 1 aromatic carbocycles. The van der Waals surface area contributed by atoms with Crippen LogP contribution < -0.4 is 19.5 Å². The molecule has 10 nitrogen and oxygen atoms in total. The fourth-order valence-electron chi connectivity index (χ4n) is 5.10. The number of amides is 1. The van der Waals surface area contributed by atoms with Crippen molar-refractivity contribution in [2.45, 2.75) is 69.7 Å². The lowest BCUT2D eigenvalue weighted by molar-refractivity contribution is 0.0981. The van der Waals surface area contributed by atoms with Crippen molar-refractivity contribution in [3.63, 3.8) is 0 Å². The first-order chi connectivity index (χ1) is 19.9. The molecule has 2 aromatic heterocycles. The van der Waals surface area contributed by atoms with Crippen molar-refractivity contribution in [2.24, 2.45) is 11.3 Å². The second kappa shape index (κ2) is 12.2. The minimum absolute atomic E-state index is 0.0667. The van der Waals surface area contributed by atoms with Crippen molar-refractivity contribution in [1.82, 2.24) is 24.8 Å². The number of sulfonamides is 1. The Morgan fingerprint density at radius 3 is 2.52 bits per heavy atom. The summed E-state index contributed by atoms with van der Waals surface area (Å²) in [6, 6.07) is 10.6. The number of hydrogen-bond acceptors (Lipinski definition) is 8. The van der Waals surface area contributed by atoms with Crippen LogP contribution in [0.1, 0.15) is 69.7 Å². The van der Waals surface area contributed by atoms with Gasteiger partial charge in [-0.2, -0.15) is 0 Å². The van der Waals surface area contributed by atoms with E-state index in [2.05, 4.69) is 40.9 Å². The molecule has 3 heterocycles. The summed E-state index contributed by atoms with van der Waals surface area (Å²) in [7, 11) is -4.15. The van der Waals surface area contributed by atoms with E-state index < -0.39 is 15.9 Å². The number of nitrogens with zero attached hydrogens (tertiary/aromatic N) is 3. The van der Waals surface area contributed by atoms with E-state index in [1.165, 1.54) is 41.8 Å². The van der Waals surface area contributed by atoms with Crippen molar-refractivity contribution < 1.29 is 22.7 Å². The fourth-order valence-corrected chi connectivity index (χ4v) is 6.30. The molecule has 0 spiro atoms. The lowest BCUT2D eigenvalue weighted by Gasteiger charge is -2.17. The van der Waals surface area contributed by atoms with E-state index in [4.69, 9.17) is 21.1 Å². The van der Waals surface area contributed by atoms with Gasteiger partial charge >= 0.3 is 0 Å². The molecule has 0 radical (unpaired) electrons. The molecule has 1 aliphatic heterocycles. The number of carbonyl (C=O) groups is 1. The number of ether oxygens (including phenoxy) is 2. The first-order valence-electron chi connectivity index (χ1n) is 14.3. The Morgan fingerprint density at radius 1 is 1.10 bits per heavy atom. The number of benzene rings is 1. The van der Waals surface area contributed by atoms with Gasteiger partial charge in [0.15, 0.2) is 5.82 Å². The molecular weight excluding hydrogens is 578 g/mol. The molecule has 1 amide bonds. The largest absolute Gasteiger partial charge is 0.494 e. The van der Waals surface area contributed by atoms with E-state index >= 15 is 0 Å². The Morgan fingerprint density at radius 2 is 1.86 bits per heavy atom. The van der Waals surface area contributed by atoms with E-state index in [1.807, 2.05) is 0 Å². The fraction of sp³-hybridized carbons (Fsp3) is 0.500. The maximum absolute atomic E-state index is 12.9. The third-order valence-corrected chi connectivity index (χ3v) is 9.63. The molecule has 1 aliphatic carbocycles. The highest BCUT2D eigenvalue weighted by Crippen LogP contribution is 2.47. The minimum atomic E-state index is -4.15. The molecule has 1 saturated carbocycles. The molecule has 2 N–H and O–H groups in total. The number of aromatic nitrogens is 3. The highest BCUT2D eigenvalue weighted by Gasteiger charge is 2.36. The summed E-state index contributed by atoms with van der Waals surface area (Å²) in [6.45, 7) is 8.83. The predicted octanol–water partition coefficient (Wildman–Crippen LogP) is 5.16. The van der Waals surface area contributed by atoms with E-state index in [0.717, 1.165) is 32.2 Å². The SMILES string of the molecule is CC1(CCOc2ccn(-c3ccc(C(=O)NS(=O)(=O)c4ccc(OCCCC5CNC(C)(C)C5)cc4)c(Cl)n3)n2)CC1. The second-order valence-electron chi connectivity index (χ2n) is 12.2. The van der Waals surface area contributed by atoms with Crippen LogP contribution in [0.4, 0.5) is 0 Å². The van der Waals surface area contributed by atoms with Crippen molar-refractivity contribution in [3.05, 3.63) is 59.4 Å². The Balaban J connectivity index is 1.12. The number of halogens is 1. The van der Waals surface area contributed by atoms with Crippen LogP contribution in [0, 0.1) is 11.3 Å². The Kier molecular flexibility index (Phi) is 8.82. The summed E-state index contributed by atoms with van der Waals surface area (Å²) >= 11 is 6.27. The van der Waals surface area contributed by atoms with E-state index in [1.54, 1.807) is 24.4 Å². The topological polar surface area (TPSA) is 124 Å². The van der Waals surface area contributed by atoms with E-state index in [9.17, 15) is 13.2 Å². The first kappa shape index (κ1) is 30.3. The van der Waals surface area contributed by atoms with Gasteiger partial charge in [-0.1, -0.05) is 18.5 Å². The van der Waals surface area contributed by atoms with Crippen molar-refractivity contribution >= 4 is 27.5 Å². The van der Waals surface area contributed by atoms with Crippen LogP contribution in [-0.4, -0.2) is 54.4 Å². The maximum atomic E-state index is 12.9. The van der Waals surface area contributed by atoms with Gasteiger partial charge < -0.3 is 14.8 Å². The predicted molar refractivity (Wildman–Crippen MR) is 160 cm³/mol. The van der Waals surface area contributed by atoms with E-state index in [-0.39, 0.29) is 21.2 Å². The maximum Gasteiger partial charge on any atom is 0.268 e. The molecule has 1 atom stereocenters. The van der Waals surface area contributed by atoms with Crippen molar-refractivity contribution in [3.8, 4) is 17.4 Å². The summed E-state index contributed by atoms with van der Waals surface area (Å²) in [6.07, 6.45) is 8.26. The lowest BCUT2D eigenvalue weighted by atomic mass is 9.94. The van der Waals surface area contributed by atoms with Crippen LogP contribution in [0.5, 0.6) is 11.6 Å². The van der Waals surface area contributed by atoms with Gasteiger partial charge in [0, 0.05) is 17.8 Å². The monoisotopic (exact) mass is 615 g/mol. The molecule has 12 heteroatoms. The average molecular weight is 616 g/mol. The van der Waals surface area contributed by atoms with Crippen LogP contribution in [0.2, 0.25) is 5.15 Å². The van der Waals surface area contributed by atoms with Gasteiger partial charge in [0.2, 0.25) is 5.88 Å². The number of rotatable bonds is 13. The van der Waals surface area contributed by atoms with Gasteiger partial charge in [-0.05, 0) is 107 Å². The van der Waals surface area contributed by atoms with Crippen molar-refractivity contribution in [1.29, 1.82) is 0 Å². The molecule has 2 fully saturated rings. The zero-order chi connectivity index (χ0) is 30.0. The van der Waals surface area contributed by atoms with Crippen LogP contribution in [-0.2, 0) is 10.0 Å². The molecule has 5 rings (SSSR count). The third-order valence-electron chi connectivity index (χ3n) is 7.99. The Bertz CT molecular complexity index is 1520. The van der Waals surface area contributed by atoms with Gasteiger partial charge in [0.25, 0.3) is 15.9 Å². The quantitative estimate of drug-likeness (QED) is 0.200. The van der Waals surface area contributed by atoms with Crippen LogP contribution in [0.15, 0.2) is 53.6 Å². The molecule has 0 bridgehead atoms. The molecule has 226 valence electrons. The first-order valence-corrected chi connectivity index (χ1v) is 16.2. The highest BCUT2D eigenvalue weighted by atomic mass is 35.5. The van der Waals surface area contributed by atoms with Crippen LogP contribution >= 0.6 is 11.6 Å². The van der Waals surface area contributed by atoms with Gasteiger partial charge in [-0.25, -0.2) is 22.8 Å². The second-order valence-corrected chi connectivity index (χ2v) is 14.3. The molecule has 1 saturated heterocycles. The number of carbonyl (C=O) groups excluding carboxylic acids is 1. The summed E-state index contributed by atoms with van der Waals surface area (Å²) in [5, 5.41) is 7.73. The summed E-state index contributed by atoms with van der Waals surface area (Å²) in [5.74, 6) is 1.15. The van der Waals surface area contributed by atoms with Crippen LogP contribution in [0.25, 0.3) is 5.82 Å². The Hall–Kier alpha value is -3.15. The number of hydrogen-bond donors (Lipinski definition) is 2. The highest BCUT2D eigenvalue weighted by molar-refractivity contribution is 7.90. The summed E-state index contributed by atoms with van der Waals surface area (Å²) < 4.78 is 40.8. The minimum Gasteiger partial charge on any atom is -0.494 e. The molecule has 3 aromatic rings. The summed E-state index contributed by atoms with van der Waals surface area (Å²) in [4.78, 5) is 17.0. The smallest absolute Gasteiger partial charge is 0.268 e. The summed E-state index contributed by atoms with van der Waals surface area (Å²) in [5.41, 5.74) is 0.511. The van der Waals surface area contributed by atoms with Crippen molar-refractivity contribution in [2.75, 3.05) is 19.8 Å². The Labute approximate surface area is 252 Å². The average Bonchev–Trinajstić information content (AvgIpc) is 3.31. The third kappa shape index (κ3) is 7.81. The van der Waals surface area contributed by atoms with Crippen LogP contribution in [0.3, 0.4) is 0 Å². The molecule has 42 heavy (non-hydrogen) atoms. The lowest BCUT2D eigenvalue weighted by Crippen LogP contribution is -2.31. The number of nitrogens with one attached hydrogen (secondary N) is 2. The van der Waals surface area contributed by atoms with Gasteiger partial charge in [0.05, 0.1) is 23.7 Å². The zero-order valence-electron chi connectivity index (χ0n) is 24.2. The molecule has 2 aliphatic rings. The normalized spacial score (nSPS) is 18.9. The van der Waals surface area contributed by atoms with Gasteiger partial charge in [-0.3, -0.25) is 4.79 Å². The van der Waals surface area contributed by atoms with Gasteiger partial charge in [-0.15, -0.1) is 5.10 Å². The zero-order valence-corrected chi connectivity index (χ0v) is 25.8. The van der Waals surface area contributed by atoms with Gasteiger partial charge in [0.1, 0.15) is 10.9 Å². The molecule has 1 unspecified atom stereocenters. The number of pyridine rings is 1.